The molecule has 1 N–H and O–H groups in total. The van der Waals surface area contributed by atoms with E-state index in [-0.39, 0.29) is 6.10 Å². The van der Waals surface area contributed by atoms with Gasteiger partial charge in [-0.3, -0.25) is 0 Å². The van der Waals surface area contributed by atoms with Crippen LogP contribution in [0.25, 0.3) is 0 Å². The minimum atomic E-state index is -1.09. The lowest BCUT2D eigenvalue weighted by Crippen LogP contribution is -2.31. The van der Waals surface area contributed by atoms with Crippen LogP contribution in [0.2, 0.25) is 19.6 Å². The van der Waals surface area contributed by atoms with Gasteiger partial charge in [-0.15, -0.1) is 0 Å². The van der Waals surface area contributed by atoms with Crippen molar-refractivity contribution in [2.24, 2.45) is 5.92 Å². The first-order chi connectivity index (χ1) is 5.82. The first kappa shape index (κ1) is 11.2. The molecule has 2 nitrogen and oxygen atoms in total. The van der Waals surface area contributed by atoms with Crippen molar-refractivity contribution in [3.8, 4) is 0 Å². The summed E-state index contributed by atoms with van der Waals surface area (Å²) in [6.45, 7) is 11.0. The lowest BCUT2D eigenvalue weighted by Gasteiger charge is -2.15. The van der Waals surface area contributed by atoms with Gasteiger partial charge in [-0.2, -0.15) is 0 Å². The number of epoxide rings is 1. The quantitative estimate of drug-likeness (QED) is 0.559. The van der Waals surface area contributed by atoms with E-state index >= 15 is 0 Å². The van der Waals surface area contributed by atoms with Gasteiger partial charge in [0.05, 0.1) is 26.0 Å². The van der Waals surface area contributed by atoms with Gasteiger partial charge in [0.25, 0.3) is 0 Å². The normalized spacial score (nSPS) is 32.8. The molecule has 0 aromatic carbocycles. The van der Waals surface area contributed by atoms with E-state index in [1.807, 2.05) is 6.92 Å². The van der Waals surface area contributed by atoms with E-state index in [2.05, 4.69) is 26.6 Å². The van der Waals surface area contributed by atoms with Crippen molar-refractivity contribution >= 4 is 8.07 Å². The number of aliphatic hydroxyl groups is 1. The maximum absolute atomic E-state index is 9.34. The first-order valence-corrected chi connectivity index (χ1v) is 8.73. The average Bonchev–Trinajstić information content (AvgIpc) is 2.65. The molecule has 0 bridgehead atoms. The van der Waals surface area contributed by atoms with Crippen molar-refractivity contribution in [1.82, 2.24) is 0 Å². The Morgan fingerprint density at radius 2 is 1.85 bits per heavy atom. The average molecular weight is 202 g/mol. The second-order valence-electron chi connectivity index (χ2n) is 5.41. The van der Waals surface area contributed by atoms with Crippen molar-refractivity contribution < 1.29 is 9.84 Å². The van der Waals surface area contributed by atoms with Gasteiger partial charge in [-0.05, 0) is 19.3 Å². The standard InChI is InChI=1S/C10H22O2Si/c1-7(8(2)11)6-9-10(12-9)13(3,4)5/h7-11H,6H2,1-5H3/t7-,8+,9?,10?/m0/s1. The lowest BCUT2D eigenvalue weighted by atomic mass is 10.0. The lowest BCUT2D eigenvalue weighted by molar-refractivity contribution is 0.124. The Morgan fingerprint density at radius 1 is 1.31 bits per heavy atom. The zero-order chi connectivity index (χ0) is 10.2. The fraction of sp³-hybridized carbons (Fsp3) is 1.00. The van der Waals surface area contributed by atoms with E-state index in [0.29, 0.717) is 17.7 Å². The molecular weight excluding hydrogens is 180 g/mol. The summed E-state index contributed by atoms with van der Waals surface area (Å²) in [7, 11) is -1.09. The molecule has 0 amide bonds. The summed E-state index contributed by atoms with van der Waals surface area (Å²) in [6.07, 6.45) is 1.26. The third-order valence-corrected chi connectivity index (χ3v) is 5.08. The third kappa shape index (κ3) is 3.08. The Kier molecular flexibility index (Phi) is 3.20. The fourth-order valence-electron chi connectivity index (χ4n) is 1.65. The third-order valence-electron chi connectivity index (χ3n) is 2.86. The van der Waals surface area contributed by atoms with Crippen LogP contribution in [0.4, 0.5) is 0 Å². The van der Waals surface area contributed by atoms with Crippen LogP contribution < -0.4 is 0 Å². The molecule has 0 saturated carbocycles. The van der Waals surface area contributed by atoms with Crippen molar-refractivity contribution in [3.63, 3.8) is 0 Å². The minimum absolute atomic E-state index is 0.202. The maximum atomic E-state index is 9.34. The van der Waals surface area contributed by atoms with Crippen LogP contribution in [-0.2, 0) is 4.74 Å². The second-order valence-corrected chi connectivity index (χ2v) is 10.7. The van der Waals surface area contributed by atoms with Gasteiger partial charge in [0, 0.05) is 0 Å². The van der Waals surface area contributed by atoms with E-state index in [0.717, 1.165) is 6.42 Å². The maximum Gasteiger partial charge on any atom is 0.0819 e. The molecule has 13 heavy (non-hydrogen) atoms. The van der Waals surface area contributed by atoms with Gasteiger partial charge in [-0.1, -0.05) is 26.6 Å². The highest BCUT2D eigenvalue weighted by atomic mass is 28.3. The zero-order valence-electron chi connectivity index (χ0n) is 9.37. The highest BCUT2D eigenvalue weighted by molar-refractivity contribution is 6.78. The number of aliphatic hydroxyl groups excluding tert-OH is 1. The number of hydrogen-bond donors (Lipinski definition) is 1. The molecule has 0 radical (unpaired) electrons. The van der Waals surface area contributed by atoms with Gasteiger partial charge < -0.3 is 9.84 Å². The number of ether oxygens (including phenoxy) is 1. The van der Waals surface area contributed by atoms with Gasteiger partial charge >= 0.3 is 0 Å². The van der Waals surface area contributed by atoms with Gasteiger partial charge in [0.15, 0.2) is 0 Å². The molecule has 0 aromatic heterocycles. The Labute approximate surface area is 82.3 Å². The van der Waals surface area contributed by atoms with Crippen molar-refractivity contribution in [3.05, 3.63) is 0 Å². The van der Waals surface area contributed by atoms with Crippen molar-refractivity contribution in [1.29, 1.82) is 0 Å². The Balaban J connectivity index is 2.29. The molecule has 1 fully saturated rings. The highest BCUT2D eigenvalue weighted by Crippen LogP contribution is 2.35. The van der Waals surface area contributed by atoms with E-state index in [1.54, 1.807) is 0 Å². The SMILES string of the molecule is C[C@@H](O)[C@@H](C)CC1OC1[Si](C)(C)C. The first-order valence-electron chi connectivity index (χ1n) is 5.16. The van der Waals surface area contributed by atoms with Gasteiger partial charge in [-0.25, -0.2) is 0 Å². The molecule has 0 spiro atoms. The van der Waals surface area contributed by atoms with E-state index in [4.69, 9.17) is 4.74 Å². The summed E-state index contributed by atoms with van der Waals surface area (Å²) in [6, 6.07) is 0. The topological polar surface area (TPSA) is 32.8 Å². The molecule has 0 aliphatic carbocycles. The summed E-state index contributed by atoms with van der Waals surface area (Å²) in [5, 5.41) is 9.34. The molecule has 2 unspecified atom stereocenters. The molecule has 1 aliphatic rings. The van der Waals surface area contributed by atoms with Crippen LogP contribution >= 0.6 is 0 Å². The predicted octanol–water partition coefficient (Wildman–Crippen LogP) is 2.04. The minimum Gasteiger partial charge on any atom is -0.393 e. The smallest absolute Gasteiger partial charge is 0.0819 e. The van der Waals surface area contributed by atoms with E-state index < -0.39 is 8.07 Å². The monoisotopic (exact) mass is 202 g/mol. The van der Waals surface area contributed by atoms with Gasteiger partial charge in [0.1, 0.15) is 0 Å². The molecule has 0 aromatic rings. The summed E-state index contributed by atoms with van der Waals surface area (Å²) in [4.78, 5) is 0. The Hall–Kier alpha value is 0.137. The molecule has 78 valence electrons. The largest absolute Gasteiger partial charge is 0.393 e. The number of rotatable bonds is 4. The van der Waals surface area contributed by atoms with Crippen molar-refractivity contribution in [2.45, 2.75) is 57.8 Å². The van der Waals surface area contributed by atoms with Crippen LogP contribution in [0.15, 0.2) is 0 Å². The van der Waals surface area contributed by atoms with Crippen LogP contribution in [0.1, 0.15) is 20.3 Å². The van der Waals surface area contributed by atoms with Crippen LogP contribution in [0, 0.1) is 5.92 Å². The van der Waals surface area contributed by atoms with E-state index in [1.165, 1.54) is 0 Å². The van der Waals surface area contributed by atoms with E-state index in [9.17, 15) is 5.11 Å². The van der Waals surface area contributed by atoms with Crippen LogP contribution in [0.5, 0.6) is 0 Å². The molecule has 1 aliphatic heterocycles. The van der Waals surface area contributed by atoms with Crippen LogP contribution in [0.3, 0.4) is 0 Å². The summed E-state index contributed by atoms with van der Waals surface area (Å²) >= 11 is 0. The summed E-state index contributed by atoms with van der Waals surface area (Å²) < 4.78 is 5.65. The molecule has 1 rings (SSSR count). The van der Waals surface area contributed by atoms with Crippen LogP contribution in [-0.4, -0.2) is 31.1 Å². The molecular formula is C10H22O2Si. The zero-order valence-corrected chi connectivity index (χ0v) is 10.4. The van der Waals surface area contributed by atoms with Crippen molar-refractivity contribution in [2.75, 3.05) is 0 Å². The molecule has 1 saturated heterocycles. The predicted molar refractivity (Wildman–Crippen MR) is 57.5 cm³/mol. The molecule has 1 heterocycles. The number of hydrogen-bond acceptors (Lipinski definition) is 2. The second kappa shape index (κ2) is 3.71. The van der Waals surface area contributed by atoms with Gasteiger partial charge in [0.2, 0.25) is 0 Å². The Morgan fingerprint density at radius 3 is 2.15 bits per heavy atom. The fourth-order valence-corrected chi connectivity index (χ4v) is 3.48. The highest BCUT2D eigenvalue weighted by Gasteiger charge is 2.48. The summed E-state index contributed by atoms with van der Waals surface area (Å²) in [5.41, 5.74) is 0.536. The molecule has 4 atom stereocenters. The summed E-state index contributed by atoms with van der Waals surface area (Å²) in [5.74, 6) is 0.367. The Bertz CT molecular complexity index is 174. The molecule has 3 heteroatoms.